The van der Waals surface area contributed by atoms with Crippen molar-refractivity contribution in [2.75, 3.05) is 0 Å². The van der Waals surface area contributed by atoms with E-state index in [2.05, 4.69) is 33.0 Å². The number of pyridine rings is 1. The first-order valence-corrected chi connectivity index (χ1v) is 4.94. The molecule has 0 aromatic carbocycles. The van der Waals surface area contributed by atoms with Gasteiger partial charge in [0, 0.05) is 12.6 Å². The largest absolute Gasteiger partial charge is 0.245 e. The third kappa shape index (κ3) is 1.25. The quantitative estimate of drug-likeness (QED) is 0.766. The van der Waals surface area contributed by atoms with E-state index in [1.807, 2.05) is 16.6 Å². The lowest BCUT2D eigenvalue weighted by atomic mass is 10.3. The molecular weight excluding hydrogens is 230 g/mol. The zero-order chi connectivity index (χ0) is 9.42. The molecule has 2 heterocycles. The summed E-state index contributed by atoms with van der Waals surface area (Å²) < 4.78 is 1.87. The van der Waals surface area contributed by atoms with Gasteiger partial charge < -0.3 is 0 Å². The molecule has 0 bridgehead atoms. The second-order valence-corrected chi connectivity index (χ2v) is 3.67. The van der Waals surface area contributed by atoms with Crippen LogP contribution in [0.3, 0.4) is 0 Å². The van der Waals surface area contributed by atoms with Crippen molar-refractivity contribution in [1.29, 1.82) is 0 Å². The monoisotopic (exact) mass is 239 g/mol. The average molecular weight is 240 g/mol. The highest BCUT2D eigenvalue weighted by molar-refractivity contribution is 9.08. The molecule has 0 unspecified atom stereocenters. The Kier molecular flexibility index (Phi) is 2.07. The Bertz CT molecular complexity index is 447. The molecule has 0 saturated carbocycles. The summed E-state index contributed by atoms with van der Waals surface area (Å²) in [5, 5.41) is 0. The van der Waals surface area contributed by atoms with Gasteiger partial charge in [-0.15, -0.1) is 0 Å². The lowest BCUT2D eigenvalue weighted by molar-refractivity contribution is 0.976. The van der Waals surface area contributed by atoms with E-state index < -0.39 is 0 Å². The highest BCUT2D eigenvalue weighted by atomic mass is 79.9. The first kappa shape index (κ1) is 8.69. The van der Waals surface area contributed by atoms with Gasteiger partial charge in [0.05, 0.1) is 16.1 Å². The smallest absolute Gasteiger partial charge is 0.170 e. The summed E-state index contributed by atoms with van der Waals surface area (Å²) >= 11 is 3.44. The molecule has 2 aromatic heterocycles. The topological polar surface area (TPSA) is 30.7 Å². The molecule has 4 heteroatoms. The van der Waals surface area contributed by atoms with Crippen molar-refractivity contribution < 1.29 is 0 Å². The zero-order valence-corrected chi connectivity index (χ0v) is 9.17. The first-order chi connectivity index (χ1) is 6.24. The van der Waals surface area contributed by atoms with Crippen molar-refractivity contribution in [2.45, 2.75) is 20.3 Å². The Morgan fingerprint density at radius 2 is 2.31 bits per heavy atom. The molecule has 0 N–H and O–H groups in total. The van der Waals surface area contributed by atoms with Crippen LogP contribution >= 0.6 is 16.1 Å². The third-order valence-electron chi connectivity index (χ3n) is 2.08. The number of fused-ring (bicyclic) bond motifs is 1. The zero-order valence-electron chi connectivity index (χ0n) is 7.58. The van der Waals surface area contributed by atoms with Crippen molar-refractivity contribution >= 4 is 27.3 Å². The molecule has 0 amide bonds. The first-order valence-electron chi connectivity index (χ1n) is 4.23. The van der Waals surface area contributed by atoms with Gasteiger partial charge in [-0.25, -0.2) is 13.6 Å². The summed E-state index contributed by atoms with van der Waals surface area (Å²) in [6, 6.07) is 1.97. The molecule has 3 nitrogen and oxygen atoms in total. The van der Waals surface area contributed by atoms with E-state index in [9.17, 15) is 0 Å². The summed E-state index contributed by atoms with van der Waals surface area (Å²) in [7, 11) is 0. The lowest BCUT2D eigenvalue weighted by Gasteiger charge is -1.94. The van der Waals surface area contributed by atoms with Gasteiger partial charge in [-0.2, -0.15) is 0 Å². The van der Waals surface area contributed by atoms with Gasteiger partial charge in [-0.3, -0.25) is 0 Å². The van der Waals surface area contributed by atoms with Crippen LogP contribution in [0.2, 0.25) is 0 Å². The molecule has 0 aliphatic rings. The van der Waals surface area contributed by atoms with Crippen LogP contribution in [-0.4, -0.2) is 13.6 Å². The van der Waals surface area contributed by atoms with Crippen molar-refractivity contribution in [1.82, 2.24) is 13.6 Å². The number of aryl methyl sites for hydroxylation is 2. The van der Waals surface area contributed by atoms with Crippen molar-refractivity contribution in [3.05, 3.63) is 23.7 Å². The number of halogens is 1. The molecule has 0 fully saturated rings. The number of imidazole rings is 1. The molecular formula is C9H10BrN3. The van der Waals surface area contributed by atoms with Gasteiger partial charge in [0.25, 0.3) is 0 Å². The van der Waals surface area contributed by atoms with Crippen LogP contribution in [0, 0.1) is 6.92 Å². The molecule has 0 atom stereocenters. The Hall–Kier alpha value is -0.900. The maximum Gasteiger partial charge on any atom is 0.170 e. The number of hydrogen-bond donors (Lipinski definition) is 0. The third-order valence-corrected chi connectivity index (χ3v) is 2.82. The van der Waals surface area contributed by atoms with Gasteiger partial charge in [0.1, 0.15) is 11.3 Å². The number of rotatable bonds is 1. The van der Waals surface area contributed by atoms with Crippen LogP contribution in [0.25, 0.3) is 11.2 Å². The number of nitrogens with zero attached hydrogens (tertiary/aromatic N) is 3. The van der Waals surface area contributed by atoms with E-state index in [4.69, 9.17) is 0 Å². The lowest BCUT2D eigenvalue weighted by Crippen LogP contribution is -1.89. The average Bonchev–Trinajstić information content (AvgIpc) is 2.45. The van der Waals surface area contributed by atoms with E-state index in [1.54, 1.807) is 6.20 Å². The van der Waals surface area contributed by atoms with Gasteiger partial charge in [-0.05, 0) is 18.6 Å². The Labute approximate surface area is 85.1 Å². The van der Waals surface area contributed by atoms with Crippen molar-refractivity contribution in [2.24, 2.45) is 0 Å². The van der Waals surface area contributed by atoms with Crippen molar-refractivity contribution in [3.63, 3.8) is 0 Å². The molecule has 0 spiro atoms. The molecule has 0 radical (unpaired) electrons. The van der Waals surface area contributed by atoms with Crippen LogP contribution in [0.1, 0.15) is 18.3 Å². The van der Waals surface area contributed by atoms with Crippen LogP contribution in [-0.2, 0) is 6.42 Å². The molecule has 0 saturated heterocycles. The SMILES string of the molecule is CCc1nc2c(C)ccnc2n1Br. The molecule has 2 aromatic rings. The van der Waals surface area contributed by atoms with Gasteiger partial charge in [-0.1, -0.05) is 6.92 Å². The molecule has 13 heavy (non-hydrogen) atoms. The highest BCUT2D eigenvalue weighted by Crippen LogP contribution is 2.19. The molecule has 0 aliphatic heterocycles. The minimum Gasteiger partial charge on any atom is -0.245 e. The normalized spacial score (nSPS) is 11.0. The van der Waals surface area contributed by atoms with E-state index in [0.717, 1.165) is 29.0 Å². The van der Waals surface area contributed by atoms with E-state index in [1.165, 1.54) is 0 Å². The predicted molar refractivity (Wildman–Crippen MR) is 56.0 cm³/mol. The summed E-state index contributed by atoms with van der Waals surface area (Å²) in [6.07, 6.45) is 2.71. The fraction of sp³-hybridized carbons (Fsp3) is 0.333. The predicted octanol–water partition coefficient (Wildman–Crippen LogP) is 2.46. The molecule has 0 aliphatic carbocycles. The van der Waals surface area contributed by atoms with Crippen LogP contribution in [0.4, 0.5) is 0 Å². The molecule has 2 rings (SSSR count). The maximum absolute atomic E-state index is 4.48. The van der Waals surface area contributed by atoms with Crippen LogP contribution in [0.5, 0.6) is 0 Å². The minimum absolute atomic E-state index is 0.900. The molecule has 68 valence electrons. The summed E-state index contributed by atoms with van der Waals surface area (Å²) in [5.74, 6) is 1.01. The van der Waals surface area contributed by atoms with E-state index in [0.29, 0.717) is 0 Å². The Morgan fingerprint density at radius 1 is 1.54 bits per heavy atom. The number of aromatic nitrogens is 3. The highest BCUT2D eigenvalue weighted by Gasteiger charge is 2.09. The van der Waals surface area contributed by atoms with E-state index >= 15 is 0 Å². The summed E-state index contributed by atoms with van der Waals surface area (Å²) in [4.78, 5) is 8.75. The van der Waals surface area contributed by atoms with Crippen LogP contribution < -0.4 is 0 Å². The fourth-order valence-electron chi connectivity index (χ4n) is 1.33. The fourth-order valence-corrected chi connectivity index (χ4v) is 1.92. The van der Waals surface area contributed by atoms with Crippen LogP contribution in [0.15, 0.2) is 12.3 Å². The van der Waals surface area contributed by atoms with Gasteiger partial charge in [0.15, 0.2) is 5.65 Å². The standard InChI is InChI=1S/C9H10BrN3/c1-3-7-12-8-6(2)4-5-11-9(8)13(7)10/h4-5H,3H2,1-2H3. The maximum atomic E-state index is 4.48. The summed E-state index contributed by atoms with van der Waals surface area (Å²) in [5.41, 5.74) is 3.05. The summed E-state index contributed by atoms with van der Waals surface area (Å²) in [6.45, 7) is 4.12. The number of hydrogen-bond acceptors (Lipinski definition) is 2. The van der Waals surface area contributed by atoms with E-state index in [-0.39, 0.29) is 0 Å². The Morgan fingerprint density at radius 3 is 2.92 bits per heavy atom. The van der Waals surface area contributed by atoms with Gasteiger partial charge in [0.2, 0.25) is 0 Å². The Balaban J connectivity index is 2.83. The second kappa shape index (κ2) is 3.10. The second-order valence-electron chi connectivity index (χ2n) is 2.96. The van der Waals surface area contributed by atoms with Crippen molar-refractivity contribution in [3.8, 4) is 0 Å². The minimum atomic E-state index is 0.900. The van der Waals surface area contributed by atoms with Gasteiger partial charge >= 0.3 is 0 Å².